The van der Waals surface area contributed by atoms with Crippen molar-refractivity contribution in [2.45, 2.75) is 25.7 Å². The van der Waals surface area contributed by atoms with Gasteiger partial charge in [-0.15, -0.1) is 0 Å². The van der Waals surface area contributed by atoms with Gasteiger partial charge < -0.3 is 0 Å². The van der Waals surface area contributed by atoms with Crippen molar-refractivity contribution in [1.29, 1.82) is 0 Å². The molecule has 0 radical (unpaired) electrons. The number of ketones is 1. The Kier molecular flexibility index (Phi) is 3.20. The molecule has 1 aliphatic rings. The van der Waals surface area contributed by atoms with Crippen LogP contribution < -0.4 is 0 Å². The Balaban J connectivity index is 1.90. The van der Waals surface area contributed by atoms with Gasteiger partial charge in [-0.2, -0.15) is 0 Å². The molecule has 0 saturated carbocycles. The minimum absolute atomic E-state index is 0.122. The predicted octanol–water partition coefficient (Wildman–Crippen LogP) is 4.24. The fraction of sp³-hybridized carbons (Fsp3) is 0.278. The minimum atomic E-state index is 0.122. The average molecular weight is 250 g/mol. The van der Waals surface area contributed by atoms with Gasteiger partial charge in [0, 0.05) is 11.5 Å². The van der Waals surface area contributed by atoms with E-state index in [1.807, 2.05) is 36.4 Å². The van der Waals surface area contributed by atoms with Crippen molar-refractivity contribution in [3.8, 4) is 0 Å². The molecule has 96 valence electrons. The molecule has 2 aromatic carbocycles. The molecule has 0 aliphatic heterocycles. The van der Waals surface area contributed by atoms with Gasteiger partial charge in [-0.3, -0.25) is 4.79 Å². The highest BCUT2D eigenvalue weighted by atomic mass is 16.1. The van der Waals surface area contributed by atoms with Crippen molar-refractivity contribution < 1.29 is 4.79 Å². The molecule has 2 aromatic rings. The van der Waals surface area contributed by atoms with Gasteiger partial charge in [0.2, 0.25) is 0 Å². The van der Waals surface area contributed by atoms with E-state index in [0.29, 0.717) is 11.7 Å². The van der Waals surface area contributed by atoms with Crippen molar-refractivity contribution in [1.82, 2.24) is 0 Å². The quantitative estimate of drug-likeness (QED) is 0.779. The molecular formula is C18H18O. The number of aryl methyl sites for hydroxylation is 1. The van der Waals surface area contributed by atoms with Gasteiger partial charge in [0.15, 0.2) is 5.78 Å². The van der Waals surface area contributed by atoms with E-state index in [1.54, 1.807) is 0 Å². The molecule has 0 aromatic heterocycles. The number of hydrogen-bond donors (Lipinski definition) is 0. The van der Waals surface area contributed by atoms with Crippen LogP contribution >= 0.6 is 0 Å². The number of Topliss-reactive ketones (excluding diaryl/α,β-unsaturated/α-hetero) is 1. The molecule has 0 heterocycles. The fourth-order valence-electron chi connectivity index (χ4n) is 3.09. The number of fused-ring (bicyclic) bond motifs is 1. The molecule has 0 bridgehead atoms. The summed E-state index contributed by atoms with van der Waals surface area (Å²) in [5.74, 6) is 0.734. The molecule has 1 heteroatoms. The van der Waals surface area contributed by atoms with Crippen LogP contribution in [0.1, 0.15) is 40.7 Å². The zero-order chi connectivity index (χ0) is 13.2. The van der Waals surface area contributed by atoms with Gasteiger partial charge in [-0.05, 0) is 29.9 Å². The molecule has 0 amide bonds. The third-order valence-electron chi connectivity index (χ3n) is 4.27. The first-order valence-electron chi connectivity index (χ1n) is 6.94. The molecule has 1 aliphatic carbocycles. The molecule has 0 spiro atoms. The SMILES string of the molecule is C[C@@H](c1ccccc1)[C@@H]1CCc2ccccc2C1=O. The summed E-state index contributed by atoms with van der Waals surface area (Å²) >= 11 is 0. The summed E-state index contributed by atoms with van der Waals surface area (Å²) < 4.78 is 0. The Morgan fingerprint density at radius 3 is 2.47 bits per heavy atom. The fourth-order valence-corrected chi connectivity index (χ4v) is 3.09. The molecule has 3 rings (SSSR count). The number of hydrogen-bond acceptors (Lipinski definition) is 1. The summed E-state index contributed by atoms with van der Waals surface area (Å²) in [4.78, 5) is 12.6. The highest BCUT2D eigenvalue weighted by molar-refractivity contribution is 6.00. The summed E-state index contributed by atoms with van der Waals surface area (Å²) in [6.07, 6.45) is 1.98. The molecule has 0 fully saturated rings. The van der Waals surface area contributed by atoms with Crippen LogP contribution in [-0.2, 0) is 6.42 Å². The smallest absolute Gasteiger partial charge is 0.166 e. The van der Waals surface area contributed by atoms with Crippen molar-refractivity contribution in [2.75, 3.05) is 0 Å². The van der Waals surface area contributed by atoms with Gasteiger partial charge in [0.1, 0.15) is 0 Å². The highest BCUT2D eigenvalue weighted by Gasteiger charge is 2.31. The van der Waals surface area contributed by atoms with E-state index in [4.69, 9.17) is 0 Å². The van der Waals surface area contributed by atoms with Crippen LogP contribution in [-0.4, -0.2) is 5.78 Å². The standard InChI is InChI=1S/C18H18O/c1-13(14-7-3-2-4-8-14)16-12-11-15-9-5-6-10-17(15)18(16)19/h2-10,13,16H,11-12H2,1H3/t13-,16-/m0/s1. The van der Waals surface area contributed by atoms with E-state index >= 15 is 0 Å². The number of rotatable bonds is 2. The van der Waals surface area contributed by atoms with Crippen LogP contribution in [0.2, 0.25) is 0 Å². The maximum atomic E-state index is 12.6. The van der Waals surface area contributed by atoms with Gasteiger partial charge in [0.05, 0.1) is 0 Å². The summed E-state index contributed by atoms with van der Waals surface area (Å²) in [5, 5.41) is 0. The Bertz CT molecular complexity index is 586. The lowest BCUT2D eigenvalue weighted by Gasteiger charge is -2.28. The Morgan fingerprint density at radius 2 is 1.68 bits per heavy atom. The predicted molar refractivity (Wildman–Crippen MR) is 77.4 cm³/mol. The van der Waals surface area contributed by atoms with Crippen LogP contribution in [0, 0.1) is 5.92 Å². The van der Waals surface area contributed by atoms with Crippen LogP contribution in [0.5, 0.6) is 0 Å². The Labute approximate surface area is 114 Å². The van der Waals surface area contributed by atoms with E-state index in [2.05, 4.69) is 25.1 Å². The molecular weight excluding hydrogens is 232 g/mol. The van der Waals surface area contributed by atoms with E-state index in [-0.39, 0.29) is 5.92 Å². The van der Waals surface area contributed by atoms with Crippen LogP contribution in [0.15, 0.2) is 54.6 Å². The third kappa shape index (κ3) is 2.21. The van der Waals surface area contributed by atoms with E-state index in [0.717, 1.165) is 18.4 Å². The molecule has 0 unspecified atom stereocenters. The molecule has 1 nitrogen and oxygen atoms in total. The van der Waals surface area contributed by atoms with Crippen molar-refractivity contribution in [2.24, 2.45) is 5.92 Å². The second kappa shape index (κ2) is 5.00. The van der Waals surface area contributed by atoms with E-state index in [9.17, 15) is 4.79 Å². The first-order valence-corrected chi connectivity index (χ1v) is 6.94. The summed E-state index contributed by atoms with van der Waals surface area (Å²) in [5.41, 5.74) is 3.41. The van der Waals surface area contributed by atoms with Gasteiger partial charge >= 0.3 is 0 Å². The first-order chi connectivity index (χ1) is 9.27. The zero-order valence-electron chi connectivity index (χ0n) is 11.2. The monoisotopic (exact) mass is 250 g/mol. The maximum absolute atomic E-state index is 12.6. The maximum Gasteiger partial charge on any atom is 0.166 e. The second-order valence-electron chi connectivity index (χ2n) is 5.37. The van der Waals surface area contributed by atoms with Crippen LogP contribution in [0.4, 0.5) is 0 Å². The summed E-state index contributed by atoms with van der Waals surface area (Å²) in [7, 11) is 0. The lowest BCUT2D eigenvalue weighted by molar-refractivity contribution is 0.0884. The summed E-state index contributed by atoms with van der Waals surface area (Å²) in [6, 6.07) is 18.4. The molecule has 2 atom stereocenters. The lowest BCUT2D eigenvalue weighted by atomic mass is 9.74. The number of benzene rings is 2. The normalized spacial score (nSPS) is 19.8. The minimum Gasteiger partial charge on any atom is -0.294 e. The average Bonchev–Trinajstić information content (AvgIpc) is 2.48. The highest BCUT2D eigenvalue weighted by Crippen LogP contribution is 2.35. The van der Waals surface area contributed by atoms with E-state index in [1.165, 1.54) is 11.1 Å². The van der Waals surface area contributed by atoms with Crippen LogP contribution in [0.3, 0.4) is 0 Å². The third-order valence-corrected chi connectivity index (χ3v) is 4.27. The van der Waals surface area contributed by atoms with Crippen molar-refractivity contribution in [3.63, 3.8) is 0 Å². The molecule has 19 heavy (non-hydrogen) atoms. The van der Waals surface area contributed by atoms with E-state index < -0.39 is 0 Å². The van der Waals surface area contributed by atoms with Gasteiger partial charge in [-0.25, -0.2) is 0 Å². The Morgan fingerprint density at radius 1 is 1.00 bits per heavy atom. The summed E-state index contributed by atoms with van der Waals surface area (Å²) in [6.45, 7) is 2.17. The van der Waals surface area contributed by atoms with Crippen LogP contribution in [0.25, 0.3) is 0 Å². The number of carbonyl (C=O) groups is 1. The lowest BCUT2D eigenvalue weighted by Crippen LogP contribution is -2.26. The second-order valence-corrected chi connectivity index (χ2v) is 5.37. The largest absolute Gasteiger partial charge is 0.294 e. The molecule has 0 saturated heterocycles. The molecule has 0 N–H and O–H groups in total. The van der Waals surface area contributed by atoms with Crippen molar-refractivity contribution >= 4 is 5.78 Å². The first kappa shape index (κ1) is 12.2. The number of carbonyl (C=O) groups excluding carboxylic acids is 1. The van der Waals surface area contributed by atoms with Crippen molar-refractivity contribution in [3.05, 3.63) is 71.3 Å². The van der Waals surface area contributed by atoms with Gasteiger partial charge in [-0.1, -0.05) is 61.5 Å². The zero-order valence-corrected chi connectivity index (χ0v) is 11.2. The topological polar surface area (TPSA) is 17.1 Å². The van der Waals surface area contributed by atoms with Gasteiger partial charge in [0.25, 0.3) is 0 Å². The Hall–Kier alpha value is -1.89.